The van der Waals surface area contributed by atoms with Crippen LogP contribution in [0.5, 0.6) is 0 Å². The molecule has 5 rings (SSSR count). The fourth-order valence-corrected chi connectivity index (χ4v) is 3.31. The lowest BCUT2D eigenvalue weighted by Crippen LogP contribution is -2.01. The van der Waals surface area contributed by atoms with Gasteiger partial charge in [0.1, 0.15) is 0 Å². The van der Waals surface area contributed by atoms with E-state index in [0.29, 0.717) is 0 Å². The lowest BCUT2D eigenvalue weighted by atomic mass is 10.1. The van der Waals surface area contributed by atoms with Crippen molar-refractivity contribution in [3.63, 3.8) is 0 Å². The Kier molecular flexibility index (Phi) is 4.04. The maximum atomic E-state index is 9.34. The van der Waals surface area contributed by atoms with Crippen molar-refractivity contribution in [3.05, 3.63) is 57.3 Å². The van der Waals surface area contributed by atoms with E-state index in [1.807, 2.05) is 0 Å². The second-order valence-corrected chi connectivity index (χ2v) is 6.30. The number of benzene rings is 1. The van der Waals surface area contributed by atoms with E-state index in [4.69, 9.17) is 26.3 Å². The van der Waals surface area contributed by atoms with E-state index in [1.165, 1.54) is 0 Å². The number of nitriles is 2. The summed E-state index contributed by atoms with van der Waals surface area (Å²) in [5.74, 6) is -1.69. The first-order chi connectivity index (χ1) is 16.6. The highest BCUT2D eigenvalue weighted by atomic mass is 15.1. The molecule has 0 saturated heterocycles. The summed E-state index contributed by atoms with van der Waals surface area (Å²) in [6.07, 6.45) is 0. The lowest BCUT2D eigenvalue weighted by molar-refractivity contribution is 1.15. The highest BCUT2D eigenvalue weighted by molar-refractivity contribution is 6.26. The van der Waals surface area contributed by atoms with E-state index in [2.05, 4.69) is 59.3 Å². The van der Waals surface area contributed by atoms with Gasteiger partial charge in [0.2, 0.25) is 0 Å². The summed E-state index contributed by atoms with van der Waals surface area (Å²) in [6, 6.07) is 3.53. The van der Waals surface area contributed by atoms with Gasteiger partial charge >= 0.3 is 22.9 Å². The quantitative estimate of drug-likeness (QED) is 0.199. The number of hydrogen-bond acceptors (Lipinski definition) is 10. The van der Waals surface area contributed by atoms with Crippen molar-refractivity contribution in [1.82, 2.24) is 39.9 Å². The van der Waals surface area contributed by atoms with Crippen LogP contribution in [0.3, 0.4) is 0 Å². The van der Waals surface area contributed by atoms with Crippen molar-refractivity contribution in [2.75, 3.05) is 0 Å². The zero-order chi connectivity index (χ0) is 24.0. The van der Waals surface area contributed by atoms with E-state index in [1.54, 1.807) is 12.1 Å². The van der Waals surface area contributed by atoms with E-state index in [9.17, 15) is 10.5 Å². The molecule has 0 aliphatic carbocycles. The van der Waals surface area contributed by atoms with Crippen LogP contribution in [0.1, 0.15) is 11.6 Å². The van der Waals surface area contributed by atoms with Crippen LogP contribution in [0.25, 0.3) is 63.5 Å². The third kappa shape index (κ3) is 2.55. The highest BCUT2D eigenvalue weighted by Crippen LogP contribution is 2.39. The molecule has 0 fully saturated rings. The molecule has 150 valence electrons. The molecule has 4 heterocycles. The molecule has 4 aromatic heterocycles. The van der Waals surface area contributed by atoms with Gasteiger partial charge in [-0.3, -0.25) is 0 Å². The van der Waals surface area contributed by atoms with Gasteiger partial charge in [-0.25, -0.2) is 9.97 Å². The zero-order valence-corrected chi connectivity index (χ0v) is 16.3. The summed E-state index contributed by atoms with van der Waals surface area (Å²) < 4.78 is 0. The molecule has 34 heavy (non-hydrogen) atoms. The van der Waals surface area contributed by atoms with Crippen LogP contribution in [-0.4, -0.2) is 39.9 Å². The second-order valence-electron chi connectivity index (χ2n) is 6.30. The molecular formula is C20N14. The first kappa shape index (κ1) is 19.5. The van der Waals surface area contributed by atoms with Gasteiger partial charge in [0.25, 0.3) is 23.3 Å². The summed E-state index contributed by atoms with van der Waals surface area (Å²) in [6.45, 7) is 29.6. The van der Waals surface area contributed by atoms with E-state index in [0.717, 1.165) is 0 Å². The van der Waals surface area contributed by atoms with Crippen LogP contribution in [0.2, 0.25) is 0 Å². The molecule has 0 amide bonds. The Morgan fingerprint density at radius 3 is 1.15 bits per heavy atom. The standard InChI is InChI=1S/C20N14/c1-23-15-9-11(27-7(5-21)29-15)12-10(16(24-2)30-8(6-22)28-12)14-13(9)31-19-20(32-14)34-18(26-4)17(25-3)33-19. The van der Waals surface area contributed by atoms with Crippen LogP contribution in [0.15, 0.2) is 0 Å². The average molecular weight is 436 g/mol. The normalized spacial score (nSPS) is 10.2. The van der Waals surface area contributed by atoms with Crippen LogP contribution >= 0.6 is 0 Å². The smallest absolute Gasteiger partial charge is 0.326 e. The molecule has 0 bridgehead atoms. The fourth-order valence-electron chi connectivity index (χ4n) is 3.31. The molecule has 0 saturated carbocycles. The number of rotatable bonds is 0. The average Bonchev–Trinajstić information content (AvgIpc) is 2.89. The van der Waals surface area contributed by atoms with Crippen molar-refractivity contribution < 1.29 is 0 Å². The van der Waals surface area contributed by atoms with Crippen LogP contribution in [-0.2, 0) is 0 Å². The van der Waals surface area contributed by atoms with Crippen molar-refractivity contribution in [1.29, 1.82) is 10.5 Å². The third-order valence-electron chi connectivity index (χ3n) is 4.58. The molecule has 5 aromatic rings. The Balaban J connectivity index is 2.18. The Labute approximate surface area is 187 Å². The highest BCUT2D eigenvalue weighted by Gasteiger charge is 2.26. The predicted octanol–water partition coefficient (Wildman–Crippen LogP) is 3.41. The number of fused-ring (bicyclic) bond motifs is 7. The van der Waals surface area contributed by atoms with Crippen molar-refractivity contribution >= 4 is 67.4 Å². The van der Waals surface area contributed by atoms with Gasteiger partial charge < -0.3 is 19.4 Å². The topological polar surface area (TPSA) is 168 Å². The molecule has 1 aromatic carbocycles. The summed E-state index contributed by atoms with van der Waals surface area (Å²) in [7, 11) is 0. The SMILES string of the molecule is [C-]#[N+]c1nc2nc3c(nc2nc1[N+]#[C-])c1c([N+]#[C-])nc(C#N)nc1c1nc(C#N)nc([N+]#[C-])c13. The van der Waals surface area contributed by atoms with Crippen molar-refractivity contribution in [2.24, 2.45) is 0 Å². The molecule has 0 spiro atoms. The van der Waals surface area contributed by atoms with Crippen LogP contribution in [0, 0.1) is 49.0 Å². The van der Waals surface area contributed by atoms with Crippen LogP contribution in [0.4, 0.5) is 23.3 Å². The maximum absolute atomic E-state index is 9.34. The van der Waals surface area contributed by atoms with Gasteiger partial charge in [0, 0.05) is 0 Å². The molecule has 14 nitrogen and oxygen atoms in total. The van der Waals surface area contributed by atoms with Gasteiger partial charge in [-0.05, 0) is 0 Å². The minimum atomic E-state index is -0.328. The zero-order valence-electron chi connectivity index (χ0n) is 16.3. The molecule has 0 N–H and O–H groups in total. The molecular weight excluding hydrogens is 436 g/mol. The summed E-state index contributed by atoms with van der Waals surface area (Å²) in [5, 5.41) is 18.8. The molecule has 0 aliphatic heterocycles. The van der Waals surface area contributed by atoms with E-state index >= 15 is 0 Å². The second kappa shape index (κ2) is 7.04. The molecule has 0 aliphatic rings. The summed E-state index contributed by atoms with van der Waals surface area (Å²) in [4.78, 5) is 46.2. The maximum Gasteiger partial charge on any atom is 0.326 e. The molecule has 0 radical (unpaired) electrons. The van der Waals surface area contributed by atoms with E-state index in [-0.39, 0.29) is 79.1 Å². The van der Waals surface area contributed by atoms with Gasteiger partial charge in [-0.2, -0.15) is 20.5 Å². The minimum Gasteiger partial charge on any atom is -0.370 e. The lowest BCUT2D eigenvalue weighted by Gasteiger charge is -2.09. The molecule has 0 atom stereocenters. The predicted molar refractivity (Wildman–Crippen MR) is 113 cm³/mol. The first-order valence-corrected chi connectivity index (χ1v) is 8.81. The van der Waals surface area contributed by atoms with E-state index < -0.39 is 0 Å². The Bertz CT molecular complexity index is 1890. The molecule has 0 unspecified atom stereocenters. The molecule has 14 heteroatoms. The van der Waals surface area contributed by atoms with Gasteiger partial charge in [-0.1, -0.05) is 36.3 Å². The Morgan fingerprint density at radius 2 is 0.824 bits per heavy atom. The largest absolute Gasteiger partial charge is 0.370 e. The van der Waals surface area contributed by atoms with Gasteiger partial charge in [0.05, 0.1) is 32.8 Å². The van der Waals surface area contributed by atoms with Crippen molar-refractivity contribution in [2.45, 2.75) is 0 Å². The van der Waals surface area contributed by atoms with Crippen molar-refractivity contribution in [3.8, 4) is 12.1 Å². The number of nitrogens with zero attached hydrogens (tertiary/aromatic N) is 14. The summed E-state index contributed by atoms with van der Waals surface area (Å²) >= 11 is 0. The van der Waals surface area contributed by atoms with Gasteiger partial charge in [-0.15, -0.1) is 9.97 Å². The monoisotopic (exact) mass is 436 g/mol. The third-order valence-corrected chi connectivity index (χ3v) is 4.58. The summed E-state index contributed by atoms with van der Waals surface area (Å²) in [5.41, 5.74) is -0.132. The number of aromatic nitrogens is 8. The van der Waals surface area contributed by atoms with Gasteiger partial charge in [0.15, 0.2) is 12.1 Å². The first-order valence-electron chi connectivity index (χ1n) is 8.81. The van der Waals surface area contributed by atoms with Crippen LogP contribution < -0.4 is 0 Å². The fraction of sp³-hybridized carbons (Fsp3) is 0. The minimum absolute atomic E-state index is 0.00589. The Hall–Kier alpha value is -6.48. The number of hydrogen-bond donors (Lipinski definition) is 0. The Morgan fingerprint density at radius 1 is 0.471 bits per heavy atom.